The number of nitro benzene ring substituents is 1. The summed E-state index contributed by atoms with van der Waals surface area (Å²) in [5, 5.41) is 19.0. The smallest absolute Gasteiger partial charge is 0.312 e. The van der Waals surface area contributed by atoms with Gasteiger partial charge in [-0.3, -0.25) is 10.1 Å². The van der Waals surface area contributed by atoms with Crippen LogP contribution in [0.15, 0.2) is 16.6 Å². The fraction of sp³-hybridized carbons (Fsp3) is 0.200. The summed E-state index contributed by atoms with van der Waals surface area (Å²) in [7, 11) is 0. The van der Waals surface area contributed by atoms with Crippen LogP contribution in [0.2, 0.25) is 4.47 Å². The molecule has 100 valence electrons. The number of halogens is 2. The molecule has 0 N–H and O–H groups in total. The monoisotopic (exact) mass is 363 g/mol. The summed E-state index contributed by atoms with van der Waals surface area (Å²) in [4.78, 5) is 10.5. The van der Waals surface area contributed by atoms with Gasteiger partial charge in [-0.25, -0.2) is 0 Å². The van der Waals surface area contributed by atoms with E-state index in [0.717, 1.165) is 0 Å². The van der Waals surface area contributed by atoms with Crippen molar-refractivity contribution in [2.45, 2.75) is 13.5 Å². The van der Waals surface area contributed by atoms with Gasteiger partial charge in [-0.05, 0) is 30.2 Å². The molecule has 1 aromatic carbocycles. The van der Waals surface area contributed by atoms with Gasteiger partial charge < -0.3 is 4.74 Å². The summed E-state index contributed by atoms with van der Waals surface area (Å²) in [6, 6.07) is 3.14. The Morgan fingerprint density at radius 2 is 2.26 bits per heavy atom. The van der Waals surface area contributed by atoms with Gasteiger partial charge in [0.15, 0.2) is 5.01 Å². The lowest BCUT2D eigenvalue weighted by atomic mass is 10.2. The number of hydrogen-bond acceptors (Lipinski definition) is 6. The molecule has 0 saturated heterocycles. The summed E-state index contributed by atoms with van der Waals surface area (Å²) in [6.45, 7) is 1.83. The highest BCUT2D eigenvalue weighted by atomic mass is 79.9. The molecule has 0 amide bonds. The second kappa shape index (κ2) is 5.81. The third-order valence-corrected chi connectivity index (χ3v) is 3.65. The van der Waals surface area contributed by atoms with Crippen LogP contribution in [0, 0.1) is 17.0 Å². The Bertz CT molecular complexity index is 634. The Hall–Kier alpha value is -1.25. The molecular weight excluding hydrogens is 358 g/mol. The Morgan fingerprint density at radius 1 is 1.53 bits per heavy atom. The molecular formula is C10H7BrClN3O3S. The molecule has 0 bridgehead atoms. The van der Waals surface area contributed by atoms with E-state index in [1.165, 1.54) is 17.4 Å². The number of ether oxygens (including phenoxy) is 1. The molecule has 0 radical (unpaired) electrons. The first-order chi connectivity index (χ1) is 8.97. The van der Waals surface area contributed by atoms with Gasteiger partial charge in [-0.2, -0.15) is 0 Å². The van der Waals surface area contributed by atoms with Crippen molar-refractivity contribution < 1.29 is 9.66 Å². The molecule has 9 heteroatoms. The Kier molecular flexibility index (Phi) is 4.33. The number of nitrogens with zero attached hydrogens (tertiary/aromatic N) is 3. The molecule has 0 aliphatic rings. The largest absolute Gasteiger partial charge is 0.479 e. The highest BCUT2D eigenvalue weighted by Crippen LogP contribution is 2.34. The van der Waals surface area contributed by atoms with E-state index >= 15 is 0 Å². The zero-order chi connectivity index (χ0) is 14.0. The van der Waals surface area contributed by atoms with Gasteiger partial charge in [-0.15, -0.1) is 10.2 Å². The van der Waals surface area contributed by atoms with E-state index in [1.807, 2.05) is 0 Å². The number of benzene rings is 1. The fourth-order valence-corrected chi connectivity index (χ4v) is 2.80. The van der Waals surface area contributed by atoms with Crippen LogP contribution >= 0.6 is 38.9 Å². The topological polar surface area (TPSA) is 78.2 Å². The predicted molar refractivity (Wildman–Crippen MR) is 74.8 cm³/mol. The highest BCUT2D eigenvalue weighted by molar-refractivity contribution is 9.10. The zero-order valence-electron chi connectivity index (χ0n) is 9.59. The summed E-state index contributed by atoms with van der Waals surface area (Å²) >= 11 is 10.0. The van der Waals surface area contributed by atoms with Gasteiger partial charge in [0, 0.05) is 10.5 Å². The van der Waals surface area contributed by atoms with Crippen molar-refractivity contribution >= 4 is 44.6 Å². The van der Waals surface area contributed by atoms with Crippen molar-refractivity contribution in [3.8, 4) is 5.75 Å². The van der Waals surface area contributed by atoms with Gasteiger partial charge in [0.05, 0.1) is 4.92 Å². The molecule has 0 aliphatic heterocycles. The van der Waals surface area contributed by atoms with Crippen molar-refractivity contribution in [1.82, 2.24) is 10.2 Å². The van der Waals surface area contributed by atoms with Crippen molar-refractivity contribution in [3.05, 3.63) is 41.8 Å². The van der Waals surface area contributed by atoms with Crippen LogP contribution < -0.4 is 4.74 Å². The molecule has 0 spiro atoms. The highest BCUT2D eigenvalue weighted by Gasteiger charge is 2.19. The average molecular weight is 365 g/mol. The Balaban J connectivity index is 2.26. The SMILES string of the molecule is Cc1cc(Br)cc([N+](=O)[O-])c1OCc1nnc(Cl)s1. The standard InChI is InChI=1S/C10H7BrClN3O3S/c1-5-2-6(11)3-7(15(16)17)9(5)18-4-8-13-14-10(12)19-8/h2-3H,4H2,1H3. The predicted octanol–water partition coefficient (Wildman–Crippen LogP) is 3.75. The maximum absolute atomic E-state index is 11.0. The third kappa shape index (κ3) is 3.40. The van der Waals surface area contributed by atoms with Gasteiger partial charge in [-0.1, -0.05) is 27.3 Å². The second-order valence-corrected chi connectivity index (χ2v) is 6.13. The average Bonchev–Trinajstić information content (AvgIpc) is 2.73. The first kappa shape index (κ1) is 14.2. The number of aromatic nitrogens is 2. The van der Waals surface area contributed by atoms with E-state index in [9.17, 15) is 10.1 Å². The number of aryl methyl sites for hydroxylation is 1. The first-order valence-electron chi connectivity index (χ1n) is 5.02. The number of rotatable bonds is 4. The van der Waals surface area contributed by atoms with Crippen LogP contribution in [0.3, 0.4) is 0 Å². The molecule has 0 fully saturated rings. The molecule has 2 rings (SSSR count). The van der Waals surface area contributed by atoms with E-state index in [4.69, 9.17) is 16.3 Å². The second-order valence-electron chi connectivity index (χ2n) is 3.57. The summed E-state index contributed by atoms with van der Waals surface area (Å²) < 4.78 is 6.40. The van der Waals surface area contributed by atoms with Gasteiger partial charge in [0.25, 0.3) is 0 Å². The lowest BCUT2D eigenvalue weighted by Crippen LogP contribution is -2.01. The molecule has 1 aromatic heterocycles. The Morgan fingerprint density at radius 3 is 2.84 bits per heavy atom. The molecule has 0 unspecified atom stereocenters. The fourth-order valence-electron chi connectivity index (χ4n) is 1.46. The van der Waals surface area contributed by atoms with E-state index in [0.29, 0.717) is 19.5 Å². The molecule has 0 aliphatic carbocycles. The lowest BCUT2D eigenvalue weighted by Gasteiger charge is -2.08. The summed E-state index contributed by atoms with van der Waals surface area (Å²) in [6.07, 6.45) is 0. The van der Waals surface area contributed by atoms with E-state index in [1.54, 1.807) is 13.0 Å². The summed E-state index contributed by atoms with van der Waals surface area (Å²) in [5.41, 5.74) is 0.569. The molecule has 2 aromatic rings. The van der Waals surface area contributed by atoms with Crippen molar-refractivity contribution in [2.24, 2.45) is 0 Å². The van der Waals surface area contributed by atoms with Crippen LogP contribution in [0.4, 0.5) is 5.69 Å². The minimum atomic E-state index is -0.486. The summed E-state index contributed by atoms with van der Waals surface area (Å²) in [5.74, 6) is 0.222. The number of hydrogen-bond donors (Lipinski definition) is 0. The minimum absolute atomic E-state index is 0.0910. The van der Waals surface area contributed by atoms with E-state index < -0.39 is 4.92 Å². The van der Waals surface area contributed by atoms with Crippen molar-refractivity contribution in [1.29, 1.82) is 0 Å². The molecule has 0 atom stereocenters. The van der Waals surface area contributed by atoms with Crippen LogP contribution in [0.25, 0.3) is 0 Å². The zero-order valence-corrected chi connectivity index (χ0v) is 12.8. The first-order valence-corrected chi connectivity index (χ1v) is 7.01. The van der Waals surface area contributed by atoms with E-state index in [2.05, 4.69) is 26.1 Å². The normalized spacial score (nSPS) is 10.5. The Labute approximate surface area is 125 Å². The molecule has 19 heavy (non-hydrogen) atoms. The maximum Gasteiger partial charge on any atom is 0.312 e. The van der Waals surface area contributed by atoms with Crippen molar-refractivity contribution in [3.63, 3.8) is 0 Å². The van der Waals surface area contributed by atoms with Crippen LogP contribution in [0.1, 0.15) is 10.6 Å². The molecule has 6 nitrogen and oxygen atoms in total. The van der Waals surface area contributed by atoms with Gasteiger partial charge in [0.1, 0.15) is 6.61 Å². The van der Waals surface area contributed by atoms with E-state index in [-0.39, 0.29) is 18.0 Å². The van der Waals surface area contributed by atoms with Crippen LogP contribution in [0.5, 0.6) is 5.75 Å². The van der Waals surface area contributed by atoms with Crippen molar-refractivity contribution in [2.75, 3.05) is 0 Å². The van der Waals surface area contributed by atoms with Crippen LogP contribution in [-0.2, 0) is 6.61 Å². The third-order valence-electron chi connectivity index (χ3n) is 2.20. The number of nitro groups is 1. The maximum atomic E-state index is 11.0. The quantitative estimate of drug-likeness (QED) is 0.610. The minimum Gasteiger partial charge on any atom is -0.479 e. The van der Waals surface area contributed by atoms with Gasteiger partial charge in [0.2, 0.25) is 10.2 Å². The molecule has 0 saturated carbocycles. The van der Waals surface area contributed by atoms with Crippen LogP contribution in [-0.4, -0.2) is 15.1 Å². The van der Waals surface area contributed by atoms with Gasteiger partial charge >= 0.3 is 5.69 Å². The molecule has 1 heterocycles. The lowest BCUT2D eigenvalue weighted by molar-refractivity contribution is -0.386.